The van der Waals surface area contributed by atoms with Gasteiger partial charge in [0.15, 0.2) is 0 Å². The Bertz CT molecular complexity index is 424. The van der Waals surface area contributed by atoms with Crippen LogP contribution in [0.5, 0.6) is 0 Å². The molecule has 0 atom stereocenters. The first-order chi connectivity index (χ1) is 7.35. The van der Waals surface area contributed by atoms with Crippen molar-refractivity contribution in [3.8, 4) is 0 Å². The maximum atomic E-state index is 11.8. The molecule has 16 heavy (non-hydrogen) atoms. The summed E-state index contributed by atoms with van der Waals surface area (Å²) in [5.41, 5.74) is 0.620. The van der Waals surface area contributed by atoms with Gasteiger partial charge >= 0.3 is 0 Å². The number of halogens is 1. The number of hydrogen-bond acceptors (Lipinski definition) is 2. The predicted molar refractivity (Wildman–Crippen MR) is 68.8 cm³/mol. The van der Waals surface area contributed by atoms with Crippen LogP contribution in [0.3, 0.4) is 0 Å². The number of nitrogens with zero attached hydrogens (tertiary/aromatic N) is 1. The lowest BCUT2D eigenvalue weighted by molar-refractivity contribution is 0.0118. The molecule has 0 bridgehead atoms. The summed E-state index contributed by atoms with van der Waals surface area (Å²) in [7, 11) is 1.69. The molecule has 0 aliphatic heterocycles. The highest BCUT2D eigenvalue weighted by atomic mass is 79.9. The first kappa shape index (κ1) is 13.5. The van der Waals surface area contributed by atoms with Crippen LogP contribution in [-0.2, 0) is 11.3 Å². The Morgan fingerprint density at radius 1 is 1.50 bits per heavy atom. The quantitative estimate of drug-likeness (QED) is 0.853. The van der Waals surface area contributed by atoms with E-state index < -0.39 is 0 Å². The Morgan fingerprint density at radius 2 is 2.12 bits per heavy atom. The van der Waals surface area contributed by atoms with Crippen LogP contribution < -0.4 is 5.56 Å². The van der Waals surface area contributed by atoms with E-state index in [9.17, 15) is 4.79 Å². The van der Waals surface area contributed by atoms with E-state index in [1.807, 2.05) is 33.0 Å². The summed E-state index contributed by atoms with van der Waals surface area (Å²) in [6.45, 7) is 6.52. The van der Waals surface area contributed by atoms with Crippen LogP contribution in [0.25, 0.3) is 0 Å². The first-order valence-electron chi connectivity index (χ1n) is 5.27. The lowest BCUT2D eigenvalue weighted by Gasteiger charge is -2.23. The zero-order valence-electron chi connectivity index (χ0n) is 10.2. The SMILES string of the molecule is COC(C)(C)CCn1cc(Br)cc(C)c1=O. The first-order valence-corrected chi connectivity index (χ1v) is 6.07. The van der Waals surface area contributed by atoms with Crippen molar-refractivity contribution in [3.63, 3.8) is 0 Å². The molecule has 3 nitrogen and oxygen atoms in total. The predicted octanol–water partition coefficient (Wildman–Crippen LogP) is 2.73. The number of ether oxygens (including phenoxy) is 1. The van der Waals surface area contributed by atoms with Crippen LogP contribution in [-0.4, -0.2) is 17.3 Å². The normalized spacial score (nSPS) is 11.8. The van der Waals surface area contributed by atoms with E-state index in [1.54, 1.807) is 11.7 Å². The molecule has 0 spiro atoms. The van der Waals surface area contributed by atoms with Gasteiger partial charge in [0, 0.05) is 29.9 Å². The zero-order valence-corrected chi connectivity index (χ0v) is 11.8. The third-order valence-electron chi connectivity index (χ3n) is 2.74. The Balaban J connectivity index is 2.86. The molecule has 0 saturated carbocycles. The van der Waals surface area contributed by atoms with Gasteiger partial charge in [0.05, 0.1) is 5.60 Å². The molecular formula is C12H18BrNO2. The highest BCUT2D eigenvalue weighted by molar-refractivity contribution is 9.10. The molecule has 4 heteroatoms. The average Bonchev–Trinajstić information content (AvgIpc) is 2.21. The molecule has 0 unspecified atom stereocenters. The monoisotopic (exact) mass is 287 g/mol. The van der Waals surface area contributed by atoms with Gasteiger partial charge in [-0.2, -0.15) is 0 Å². The van der Waals surface area contributed by atoms with Gasteiger partial charge in [-0.3, -0.25) is 4.79 Å². The summed E-state index contributed by atoms with van der Waals surface area (Å²) in [5.74, 6) is 0. The van der Waals surface area contributed by atoms with E-state index in [0.717, 1.165) is 16.5 Å². The van der Waals surface area contributed by atoms with Crippen molar-refractivity contribution in [2.24, 2.45) is 0 Å². The molecule has 0 amide bonds. The minimum atomic E-state index is -0.199. The number of aryl methyl sites for hydroxylation is 2. The van der Waals surface area contributed by atoms with Crippen LogP contribution >= 0.6 is 15.9 Å². The Labute approximate surface area is 105 Å². The Hall–Kier alpha value is -0.610. The van der Waals surface area contributed by atoms with Crippen LogP contribution in [0.4, 0.5) is 0 Å². The molecule has 0 aliphatic carbocycles. The lowest BCUT2D eigenvalue weighted by Crippen LogP contribution is -2.29. The highest BCUT2D eigenvalue weighted by Gasteiger charge is 2.16. The minimum Gasteiger partial charge on any atom is -0.379 e. The Morgan fingerprint density at radius 3 is 2.69 bits per heavy atom. The maximum absolute atomic E-state index is 11.8. The van der Waals surface area contributed by atoms with Crippen molar-refractivity contribution in [1.29, 1.82) is 0 Å². The van der Waals surface area contributed by atoms with Gasteiger partial charge in [0.25, 0.3) is 5.56 Å². The molecule has 1 aromatic rings. The van der Waals surface area contributed by atoms with Crippen LogP contribution in [0.2, 0.25) is 0 Å². The fraction of sp³-hybridized carbons (Fsp3) is 0.583. The van der Waals surface area contributed by atoms with E-state index in [4.69, 9.17) is 4.74 Å². The van der Waals surface area contributed by atoms with E-state index in [1.165, 1.54) is 0 Å². The second-order valence-corrected chi connectivity index (χ2v) is 5.47. The Kier molecular flexibility index (Phi) is 4.33. The summed E-state index contributed by atoms with van der Waals surface area (Å²) in [6, 6.07) is 1.83. The van der Waals surface area contributed by atoms with Crippen molar-refractivity contribution in [1.82, 2.24) is 4.57 Å². The molecule has 0 fully saturated rings. The molecule has 0 aliphatic rings. The van der Waals surface area contributed by atoms with Gasteiger partial charge in [0.2, 0.25) is 0 Å². The van der Waals surface area contributed by atoms with Crippen molar-refractivity contribution < 1.29 is 4.74 Å². The van der Waals surface area contributed by atoms with Gasteiger partial charge in [0.1, 0.15) is 0 Å². The number of hydrogen-bond donors (Lipinski definition) is 0. The van der Waals surface area contributed by atoms with E-state index in [2.05, 4.69) is 15.9 Å². The van der Waals surface area contributed by atoms with Gasteiger partial charge in [-0.05, 0) is 49.2 Å². The molecule has 1 heterocycles. The summed E-state index contributed by atoms with van der Waals surface area (Å²) >= 11 is 3.39. The summed E-state index contributed by atoms with van der Waals surface area (Å²) in [5, 5.41) is 0. The minimum absolute atomic E-state index is 0.0649. The summed E-state index contributed by atoms with van der Waals surface area (Å²) < 4.78 is 7.99. The third-order valence-corrected chi connectivity index (χ3v) is 3.17. The summed E-state index contributed by atoms with van der Waals surface area (Å²) in [4.78, 5) is 11.8. The number of pyridine rings is 1. The molecule has 0 N–H and O–H groups in total. The lowest BCUT2D eigenvalue weighted by atomic mass is 10.1. The number of aromatic nitrogens is 1. The standard InChI is InChI=1S/C12H18BrNO2/c1-9-7-10(13)8-14(11(9)15)6-5-12(2,3)16-4/h7-8H,5-6H2,1-4H3. The van der Waals surface area contributed by atoms with E-state index in [-0.39, 0.29) is 11.2 Å². The molecule has 1 rings (SSSR count). The van der Waals surface area contributed by atoms with Crippen LogP contribution in [0, 0.1) is 6.92 Å². The summed E-state index contributed by atoms with van der Waals surface area (Å²) in [6.07, 6.45) is 2.63. The van der Waals surface area contributed by atoms with Crippen molar-refractivity contribution in [2.45, 2.75) is 39.3 Å². The van der Waals surface area contributed by atoms with Crippen LogP contribution in [0.1, 0.15) is 25.8 Å². The molecular weight excluding hydrogens is 270 g/mol. The van der Waals surface area contributed by atoms with Crippen molar-refractivity contribution in [3.05, 3.63) is 32.7 Å². The topological polar surface area (TPSA) is 31.2 Å². The zero-order chi connectivity index (χ0) is 12.3. The average molecular weight is 288 g/mol. The molecule has 0 saturated heterocycles. The third kappa shape index (κ3) is 3.46. The molecule has 1 aromatic heterocycles. The molecule has 90 valence electrons. The van der Waals surface area contributed by atoms with Crippen molar-refractivity contribution >= 4 is 15.9 Å². The van der Waals surface area contributed by atoms with Gasteiger partial charge < -0.3 is 9.30 Å². The second kappa shape index (κ2) is 5.15. The maximum Gasteiger partial charge on any atom is 0.253 e. The van der Waals surface area contributed by atoms with Crippen molar-refractivity contribution in [2.75, 3.05) is 7.11 Å². The number of rotatable bonds is 4. The van der Waals surface area contributed by atoms with E-state index >= 15 is 0 Å². The van der Waals surface area contributed by atoms with E-state index in [0.29, 0.717) is 6.54 Å². The highest BCUT2D eigenvalue weighted by Crippen LogP contribution is 2.15. The van der Waals surface area contributed by atoms with Crippen LogP contribution in [0.15, 0.2) is 21.5 Å². The smallest absolute Gasteiger partial charge is 0.253 e. The fourth-order valence-corrected chi connectivity index (χ4v) is 1.99. The second-order valence-electron chi connectivity index (χ2n) is 4.55. The molecule has 0 aromatic carbocycles. The van der Waals surface area contributed by atoms with Gasteiger partial charge in [-0.1, -0.05) is 0 Å². The van der Waals surface area contributed by atoms with Gasteiger partial charge in [-0.15, -0.1) is 0 Å². The largest absolute Gasteiger partial charge is 0.379 e. The fourth-order valence-electron chi connectivity index (χ4n) is 1.40. The van der Waals surface area contributed by atoms with Gasteiger partial charge in [-0.25, -0.2) is 0 Å². The molecule has 0 radical (unpaired) electrons. The number of methoxy groups -OCH3 is 1.